The Bertz CT molecular complexity index is 941. The molecule has 0 spiro atoms. The van der Waals surface area contributed by atoms with Gasteiger partial charge in [0.05, 0.1) is 25.2 Å². The number of nitrogens with one attached hydrogen (secondary N) is 1. The molecular weight excluding hydrogens is 671 g/mol. The summed E-state index contributed by atoms with van der Waals surface area (Å²) < 4.78 is 5.84. The molecule has 314 valence electrons. The largest absolute Gasteiger partial charge is 0.462 e. The fourth-order valence-corrected chi connectivity index (χ4v) is 6.66. The van der Waals surface area contributed by atoms with Gasteiger partial charge in [-0.15, -0.1) is 0 Å². The van der Waals surface area contributed by atoms with Gasteiger partial charge < -0.3 is 20.3 Å². The summed E-state index contributed by atoms with van der Waals surface area (Å²) in [5, 5.41) is 23.5. The van der Waals surface area contributed by atoms with E-state index in [1.807, 2.05) is 0 Å². The van der Waals surface area contributed by atoms with Crippen molar-refractivity contribution in [2.45, 2.75) is 238 Å². The van der Waals surface area contributed by atoms with Crippen molar-refractivity contribution in [2.75, 3.05) is 6.61 Å². The van der Waals surface area contributed by atoms with Gasteiger partial charge >= 0.3 is 5.97 Å². The second-order valence-corrected chi connectivity index (χ2v) is 15.5. The minimum atomic E-state index is -0.792. The highest BCUT2D eigenvalue weighted by Gasteiger charge is 2.24. The van der Waals surface area contributed by atoms with Gasteiger partial charge in [0.25, 0.3) is 0 Å². The van der Waals surface area contributed by atoms with E-state index in [2.05, 4.69) is 74.7 Å². The van der Waals surface area contributed by atoms with Crippen molar-refractivity contribution in [3.63, 3.8) is 0 Å². The molecule has 0 saturated carbocycles. The van der Waals surface area contributed by atoms with E-state index in [1.54, 1.807) is 0 Å². The number of ether oxygens (including phenoxy) is 1. The standard InChI is InChI=1S/C48H87NO5/c1-4-7-10-13-16-18-20-21-22-23-24-25-27-29-32-35-38-41-48(53)54-44(39-36-33-30-15-12-9-6-3)42-47(52)49-45(43-50)46(51)40-37-34-31-28-26-19-17-14-11-8-5-2/h16,18,21-22,24-25,29,32,44-46,50-51H,4-15,17,19-20,23,26-28,30-31,33-43H2,1-3H3,(H,49,52)/b18-16-,22-21-,25-24-,32-29-. The number of carbonyl (C=O) groups excluding carboxylic acids is 2. The Balaban J connectivity index is 4.53. The fourth-order valence-electron chi connectivity index (χ4n) is 6.66. The van der Waals surface area contributed by atoms with Crippen LogP contribution in [0.4, 0.5) is 0 Å². The number of unbranched alkanes of at least 4 members (excludes halogenated alkanes) is 20. The molecule has 3 N–H and O–H groups in total. The first kappa shape index (κ1) is 51.8. The highest BCUT2D eigenvalue weighted by atomic mass is 16.5. The summed E-state index contributed by atoms with van der Waals surface area (Å²) in [5.74, 6) is -0.546. The van der Waals surface area contributed by atoms with Crippen LogP contribution in [0.15, 0.2) is 48.6 Å². The molecule has 0 fully saturated rings. The monoisotopic (exact) mass is 758 g/mol. The zero-order valence-corrected chi connectivity index (χ0v) is 35.6. The van der Waals surface area contributed by atoms with Crippen LogP contribution in [0.2, 0.25) is 0 Å². The number of aliphatic hydroxyl groups is 2. The lowest BCUT2D eigenvalue weighted by Gasteiger charge is -2.24. The zero-order valence-electron chi connectivity index (χ0n) is 35.6. The number of aliphatic hydroxyl groups excluding tert-OH is 2. The number of allylic oxidation sites excluding steroid dienone is 8. The number of rotatable bonds is 40. The van der Waals surface area contributed by atoms with Crippen LogP contribution < -0.4 is 5.32 Å². The smallest absolute Gasteiger partial charge is 0.306 e. The summed E-state index contributed by atoms with van der Waals surface area (Å²) in [4.78, 5) is 25.8. The van der Waals surface area contributed by atoms with Gasteiger partial charge in [0.15, 0.2) is 0 Å². The molecule has 0 bridgehead atoms. The first-order chi connectivity index (χ1) is 26.5. The minimum absolute atomic E-state index is 0.0560. The summed E-state index contributed by atoms with van der Waals surface area (Å²) in [6.45, 7) is 6.39. The van der Waals surface area contributed by atoms with Gasteiger partial charge in [-0.25, -0.2) is 0 Å². The molecule has 0 aromatic rings. The van der Waals surface area contributed by atoms with E-state index in [0.29, 0.717) is 25.7 Å². The predicted molar refractivity (Wildman–Crippen MR) is 232 cm³/mol. The first-order valence-corrected chi connectivity index (χ1v) is 22.9. The summed E-state index contributed by atoms with van der Waals surface area (Å²) in [7, 11) is 0. The molecule has 0 saturated heterocycles. The van der Waals surface area contributed by atoms with Crippen LogP contribution in [0.1, 0.15) is 220 Å². The maximum atomic E-state index is 13.1. The molecule has 0 rings (SSSR count). The Morgan fingerprint density at radius 1 is 0.537 bits per heavy atom. The summed E-state index contributed by atoms with van der Waals surface area (Å²) >= 11 is 0. The van der Waals surface area contributed by atoms with Crippen molar-refractivity contribution >= 4 is 11.9 Å². The Hall–Kier alpha value is -2.18. The summed E-state index contributed by atoms with van der Waals surface area (Å²) in [6, 6.07) is -0.707. The van der Waals surface area contributed by atoms with Crippen molar-refractivity contribution in [1.82, 2.24) is 5.32 Å². The maximum absolute atomic E-state index is 13.1. The van der Waals surface area contributed by atoms with Crippen molar-refractivity contribution in [3.8, 4) is 0 Å². The average molecular weight is 758 g/mol. The van der Waals surface area contributed by atoms with Gasteiger partial charge in [-0.2, -0.15) is 0 Å². The van der Waals surface area contributed by atoms with Crippen LogP contribution in [0.3, 0.4) is 0 Å². The van der Waals surface area contributed by atoms with Crippen LogP contribution in [0.25, 0.3) is 0 Å². The predicted octanol–water partition coefficient (Wildman–Crippen LogP) is 13.1. The molecule has 54 heavy (non-hydrogen) atoms. The molecule has 0 aliphatic carbocycles. The zero-order chi connectivity index (χ0) is 39.6. The van der Waals surface area contributed by atoms with Gasteiger partial charge in [0, 0.05) is 6.42 Å². The molecule has 6 heteroatoms. The Morgan fingerprint density at radius 3 is 1.43 bits per heavy atom. The second-order valence-electron chi connectivity index (χ2n) is 15.5. The van der Waals surface area contributed by atoms with Crippen LogP contribution in [0, 0.1) is 0 Å². The van der Waals surface area contributed by atoms with Gasteiger partial charge in [0.1, 0.15) is 6.10 Å². The van der Waals surface area contributed by atoms with E-state index in [1.165, 1.54) is 103 Å². The number of hydrogen-bond donors (Lipinski definition) is 3. The van der Waals surface area contributed by atoms with E-state index < -0.39 is 18.2 Å². The topological polar surface area (TPSA) is 95.9 Å². The summed E-state index contributed by atoms with van der Waals surface area (Å²) in [6.07, 6.45) is 49.0. The quantitative estimate of drug-likeness (QED) is 0.0329. The molecule has 3 atom stereocenters. The minimum Gasteiger partial charge on any atom is -0.462 e. The third kappa shape index (κ3) is 36.8. The Kier molecular flexibility index (Phi) is 40.3. The lowest BCUT2D eigenvalue weighted by molar-refractivity contribution is -0.151. The van der Waals surface area contributed by atoms with Crippen molar-refractivity contribution < 1.29 is 24.5 Å². The molecule has 0 aromatic heterocycles. The second kappa shape index (κ2) is 42.0. The van der Waals surface area contributed by atoms with Gasteiger partial charge in [-0.3, -0.25) is 9.59 Å². The number of amides is 1. The van der Waals surface area contributed by atoms with Crippen LogP contribution >= 0.6 is 0 Å². The normalized spacial score (nSPS) is 13.8. The van der Waals surface area contributed by atoms with Gasteiger partial charge in [0.2, 0.25) is 5.91 Å². The fraction of sp³-hybridized carbons (Fsp3) is 0.792. The molecule has 0 aliphatic heterocycles. The van der Waals surface area contributed by atoms with Crippen molar-refractivity contribution in [3.05, 3.63) is 48.6 Å². The summed E-state index contributed by atoms with van der Waals surface area (Å²) in [5.41, 5.74) is 0. The molecule has 1 amide bonds. The van der Waals surface area contributed by atoms with E-state index in [9.17, 15) is 19.8 Å². The third-order valence-electron chi connectivity index (χ3n) is 10.2. The highest BCUT2D eigenvalue weighted by Crippen LogP contribution is 2.17. The Labute approximate surface area is 334 Å². The maximum Gasteiger partial charge on any atom is 0.306 e. The van der Waals surface area contributed by atoms with Crippen LogP contribution in [-0.2, 0) is 14.3 Å². The van der Waals surface area contributed by atoms with E-state index in [-0.39, 0.29) is 24.9 Å². The molecule has 3 unspecified atom stereocenters. The average Bonchev–Trinajstić information content (AvgIpc) is 3.16. The SMILES string of the molecule is CCCCC/C=C\C/C=C\C/C=C\C/C=C\CCCC(=O)OC(CCCCCCCCC)CC(=O)NC(CO)C(O)CCCCCCCCCCCCC. The van der Waals surface area contributed by atoms with E-state index in [0.717, 1.165) is 64.2 Å². The first-order valence-electron chi connectivity index (χ1n) is 22.9. The molecule has 0 aromatic carbocycles. The molecular formula is C48H87NO5. The van der Waals surface area contributed by atoms with E-state index >= 15 is 0 Å². The number of hydrogen-bond acceptors (Lipinski definition) is 5. The van der Waals surface area contributed by atoms with Crippen molar-refractivity contribution in [1.29, 1.82) is 0 Å². The lowest BCUT2D eigenvalue weighted by atomic mass is 10.0. The lowest BCUT2D eigenvalue weighted by Crippen LogP contribution is -2.46. The Morgan fingerprint density at radius 2 is 0.944 bits per heavy atom. The molecule has 0 heterocycles. The van der Waals surface area contributed by atoms with Crippen LogP contribution in [0.5, 0.6) is 0 Å². The third-order valence-corrected chi connectivity index (χ3v) is 10.2. The molecule has 0 radical (unpaired) electrons. The van der Waals surface area contributed by atoms with Crippen LogP contribution in [-0.4, -0.2) is 46.9 Å². The van der Waals surface area contributed by atoms with E-state index in [4.69, 9.17) is 4.74 Å². The number of esters is 1. The van der Waals surface area contributed by atoms with Gasteiger partial charge in [-0.05, 0) is 64.2 Å². The molecule has 0 aliphatic rings. The van der Waals surface area contributed by atoms with Crippen molar-refractivity contribution in [2.24, 2.45) is 0 Å². The highest BCUT2D eigenvalue weighted by molar-refractivity contribution is 5.77. The number of carbonyl (C=O) groups is 2. The molecule has 6 nitrogen and oxygen atoms in total. The van der Waals surface area contributed by atoms with Gasteiger partial charge in [-0.1, -0.05) is 191 Å².